The highest BCUT2D eigenvalue weighted by atomic mass is 16.3. The quantitative estimate of drug-likeness (QED) is 0.906. The molecule has 1 saturated heterocycles. The van der Waals surface area contributed by atoms with E-state index in [2.05, 4.69) is 30.0 Å². The third-order valence-electron chi connectivity index (χ3n) is 4.77. The van der Waals surface area contributed by atoms with Crippen molar-refractivity contribution in [3.8, 4) is 0 Å². The first-order valence-electron chi connectivity index (χ1n) is 8.74. The lowest BCUT2D eigenvalue weighted by Gasteiger charge is -2.32. The zero-order chi connectivity index (χ0) is 17.1. The standard InChI is InChI=1S/C20H26N2O2/c1-14-6-8-16(18(12-14)22-10-4-3-5-11-22)17(13-20(21)23)19-9-7-15(2)24-19/h6-9,12,17H,3-5,10-11,13H2,1-2H3,(H2,21,23). The van der Waals surface area contributed by atoms with E-state index in [0.29, 0.717) is 0 Å². The second-order valence-corrected chi connectivity index (χ2v) is 6.78. The summed E-state index contributed by atoms with van der Waals surface area (Å²) in [5.74, 6) is 1.23. The van der Waals surface area contributed by atoms with Crippen molar-refractivity contribution in [1.82, 2.24) is 0 Å². The summed E-state index contributed by atoms with van der Waals surface area (Å²) in [7, 11) is 0. The van der Waals surface area contributed by atoms with Crippen LogP contribution in [0.25, 0.3) is 0 Å². The number of carbonyl (C=O) groups is 1. The van der Waals surface area contributed by atoms with E-state index in [9.17, 15) is 4.79 Å². The first-order chi connectivity index (χ1) is 11.5. The van der Waals surface area contributed by atoms with Gasteiger partial charge in [0.25, 0.3) is 0 Å². The zero-order valence-electron chi connectivity index (χ0n) is 14.5. The second-order valence-electron chi connectivity index (χ2n) is 6.78. The number of nitrogens with zero attached hydrogens (tertiary/aromatic N) is 1. The maximum Gasteiger partial charge on any atom is 0.218 e. The Morgan fingerprint density at radius 1 is 1.17 bits per heavy atom. The smallest absolute Gasteiger partial charge is 0.218 e. The molecule has 1 amide bonds. The van der Waals surface area contributed by atoms with Crippen molar-refractivity contribution in [2.75, 3.05) is 18.0 Å². The lowest BCUT2D eigenvalue weighted by Crippen LogP contribution is -2.31. The van der Waals surface area contributed by atoms with Crippen LogP contribution in [0.1, 0.15) is 54.2 Å². The Morgan fingerprint density at radius 2 is 1.92 bits per heavy atom. The summed E-state index contributed by atoms with van der Waals surface area (Å²) < 4.78 is 5.85. The fraction of sp³-hybridized carbons (Fsp3) is 0.450. The number of piperidine rings is 1. The van der Waals surface area contributed by atoms with Gasteiger partial charge >= 0.3 is 0 Å². The van der Waals surface area contributed by atoms with Crippen molar-refractivity contribution in [2.24, 2.45) is 5.73 Å². The fourth-order valence-corrected chi connectivity index (χ4v) is 3.56. The molecule has 4 nitrogen and oxygen atoms in total. The Bertz CT molecular complexity index is 714. The Balaban J connectivity index is 2.04. The zero-order valence-corrected chi connectivity index (χ0v) is 14.5. The van der Waals surface area contributed by atoms with Gasteiger partial charge in [-0.1, -0.05) is 12.1 Å². The molecule has 1 unspecified atom stereocenters. The number of primary amides is 1. The average Bonchev–Trinajstić information content (AvgIpc) is 3.00. The van der Waals surface area contributed by atoms with Gasteiger partial charge in [-0.2, -0.15) is 0 Å². The van der Waals surface area contributed by atoms with Crippen LogP contribution in [0.3, 0.4) is 0 Å². The lowest BCUT2D eigenvalue weighted by atomic mass is 9.89. The molecule has 3 rings (SSSR count). The van der Waals surface area contributed by atoms with Gasteiger partial charge in [-0.3, -0.25) is 4.79 Å². The lowest BCUT2D eigenvalue weighted by molar-refractivity contribution is -0.118. The molecule has 1 aromatic carbocycles. The molecule has 1 aliphatic rings. The van der Waals surface area contributed by atoms with Crippen LogP contribution in [-0.4, -0.2) is 19.0 Å². The molecule has 4 heteroatoms. The van der Waals surface area contributed by atoms with E-state index in [1.165, 1.54) is 30.5 Å². The van der Waals surface area contributed by atoms with Gasteiger partial charge in [0, 0.05) is 25.2 Å². The molecule has 0 aliphatic carbocycles. The molecule has 1 atom stereocenters. The van der Waals surface area contributed by atoms with Gasteiger partial charge in [-0.15, -0.1) is 0 Å². The number of hydrogen-bond donors (Lipinski definition) is 1. The molecule has 2 heterocycles. The van der Waals surface area contributed by atoms with Gasteiger partial charge < -0.3 is 15.1 Å². The second kappa shape index (κ2) is 7.12. The van der Waals surface area contributed by atoms with Crippen LogP contribution in [0.2, 0.25) is 0 Å². The van der Waals surface area contributed by atoms with Crippen molar-refractivity contribution >= 4 is 11.6 Å². The minimum atomic E-state index is -0.306. The van der Waals surface area contributed by atoms with Crippen molar-refractivity contribution < 1.29 is 9.21 Å². The van der Waals surface area contributed by atoms with E-state index in [1.54, 1.807) is 0 Å². The van der Waals surface area contributed by atoms with Crippen LogP contribution in [0.5, 0.6) is 0 Å². The van der Waals surface area contributed by atoms with Crippen LogP contribution in [-0.2, 0) is 4.79 Å². The molecule has 0 bridgehead atoms. The van der Waals surface area contributed by atoms with Crippen molar-refractivity contribution in [2.45, 2.75) is 45.4 Å². The SMILES string of the molecule is Cc1ccc(C(CC(N)=O)c2ccc(C)o2)c(N2CCCCC2)c1. The maximum absolute atomic E-state index is 11.7. The normalized spacial score (nSPS) is 16.2. The van der Waals surface area contributed by atoms with E-state index in [1.807, 2.05) is 19.1 Å². The molecule has 128 valence electrons. The number of aryl methyl sites for hydroxylation is 2. The molecule has 24 heavy (non-hydrogen) atoms. The molecule has 2 N–H and O–H groups in total. The summed E-state index contributed by atoms with van der Waals surface area (Å²) in [6.45, 7) is 6.16. The van der Waals surface area contributed by atoms with Gasteiger partial charge in [0.15, 0.2) is 0 Å². The third-order valence-corrected chi connectivity index (χ3v) is 4.77. The number of furan rings is 1. The predicted molar refractivity (Wildman–Crippen MR) is 96.3 cm³/mol. The Hall–Kier alpha value is -2.23. The molecule has 2 aromatic rings. The molecule has 0 spiro atoms. The number of anilines is 1. The molecular weight excluding hydrogens is 300 g/mol. The fourth-order valence-electron chi connectivity index (χ4n) is 3.56. The number of amides is 1. The number of nitrogens with two attached hydrogens (primary N) is 1. The molecule has 1 aliphatic heterocycles. The van der Waals surface area contributed by atoms with Crippen molar-refractivity contribution in [1.29, 1.82) is 0 Å². The van der Waals surface area contributed by atoms with Crippen LogP contribution in [0.4, 0.5) is 5.69 Å². The first kappa shape index (κ1) is 16.6. The molecule has 1 aromatic heterocycles. The summed E-state index contributed by atoms with van der Waals surface area (Å²) in [6.07, 6.45) is 3.98. The van der Waals surface area contributed by atoms with E-state index in [4.69, 9.17) is 10.2 Å². The number of carbonyl (C=O) groups excluding carboxylic acids is 1. The average molecular weight is 326 g/mol. The first-order valence-corrected chi connectivity index (χ1v) is 8.74. The highest BCUT2D eigenvalue weighted by Crippen LogP contribution is 2.37. The van der Waals surface area contributed by atoms with Crippen LogP contribution < -0.4 is 10.6 Å². The number of benzene rings is 1. The van der Waals surface area contributed by atoms with Crippen LogP contribution >= 0.6 is 0 Å². The number of hydrogen-bond acceptors (Lipinski definition) is 3. The van der Waals surface area contributed by atoms with Crippen LogP contribution in [0.15, 0.2) is 34.7 Å². The Morgan fingerprint density at radius 3 is 2.54 bits per heavy atom. The predicted octanol–water partition coefficient (Wildman–Crippen LogP) is 3.89. The Labute approximate surface area is 143 Å². The minimum absolute atomic E-state index is 0.131. The summed E-state index contributed by atoms with van der Waals surface area (Å²) in [6, 6.07) is 10.4. The number of rotatable bonds is 5. The van der Waals surface area contributed by atoms with Crippen LogP contribution in [0, 0.1) is 13.8 Å². The third kappa shape index (κ3) is 3.64. The summed E-state index contributed by atoms with van der Waals surface area (Å²) in [4.78, 5) is 14.1. The van der Waals surface area contributed by atoms with Gasteiger partial charge in [0.05, 0.1) is 5.92 Å². The molecule has 0 radical (unpaired) electrons. The highest BCUT2D eigenvalue weighted by molar-refractivity contribution is 5.76. The van der Waals surface area contributed by atoms with E-state index < -0.39 is 0 Å². The van der Waals surface area contributed by atoms with Gasteiger partial charge in [-0.25, -0.2) is 0 Å². The van der Waals surface area contributed by atoms with Crippen molar-refractivity contribution in [3.05, 3.63) is 53.0 Å². The molecule has 1 fully saturated rings. The van der Waals surface area contributed by atoms with E-state index in [-0.39, 0.29) is 18.2 Å². The summed E-state index contributed by atoms with van der Waals surface area (Å²) in [5, 5.41) is 0. The van der Waals surface area contributed by atoms with Gasteiger partial charge in [0.2, 0.25) is 5.91 Å². The van der Waals surface area contributed by atoms with Gasteiger partial charge in [-0.05, 0) is 62.4 Å². The monoisotopic (exact) mass is 326 g/mol. The largest absolute Gasteiger partial charge is 0.466 e. The van der Waals surface area contributed by atoms with Crippen molar-refractivity contribution in [3.63, 3.8) is 0 Å². The summed E-state index contributed by atoms with van der Waals surface area (Å²) >= 11 is 0. The molecule has 0 saturated carbocycles. The van der Waals surface area contributed by atoms with Gasteiger partial charge in [0.1, 0.15) is 11.5 Å². The minimum Gasteiger partial charge on any atom is -0.466 e. The summed E-state index contributed by atoms with van der Waals surface area (Å²) in [5.41, 5.74) is 9.12. The Kier molecular flexibility index (Phi) is 4.93. The molecular formula is C20H26N2O2. The maximum atomic E-state index is 11.7. The van der Waals surface area contributed by atoms with E-state index in [0.717, 1.165) is 30.2 Å². The topological polar surface area (TPSA) is 59.5 Å². The highest BCUT2D eigenvalue weighted by Gasteiger charge is 2.25. The van der Waals surface area contributed by atoms with E-state index >= 15 is 0 Å².